The van der Waals surface area contributed by atoms with Crippen LogP contribution in [0.3, 0.4) is 0 Å². The number of fused-ring (bicyclic) bond motifs is 1. The Labute approximate surface area is 108 Å². The second-order valence-corrected chi connectivity index (χ2v) is 5.19. The van der Waals surface area contributed by atoms with E-state index in [0.29, 0.717) is 5.78 Å². The molecule has 1 aliphatic heterocycles. The standard InChI is InChI=1S/C16H19NO/c18-16(12-6-2-1-3-7-12)14-10-11-17-15-9-5-4-8-13(14)15/h4-6,8-9,14,17H,1-3,7,10-11H2. The number of benzene rings is 1. The molecular formula is C16H19NO. The average Bonchev–Trinajstić information content (AvgIpc) is 2.47. The topological polar surface area (TPSA) is 29.1 Å². The van der Waals surface area contributed by atoms with Crippen molar-refractivity contribution < 1.29 is 4.79 Å². The second-order valence-electron chi connectivity index (χ2n) is 5.19. The quantitative estimate of drug-likeness (QED) is 0.856. The van der Waals surface area contributed by atoms with Crippen molar-refractivity contribution in [2.45, 2.75) is 38.0 Å². The summed E-state index contributed by atoms with van der Waals surface area (Å²) in [7, 11) is 0. The van der Waals surface area contributed by atoms with Crippen molar-refractivity contribution in [2.24, 2.45) is 0 Å². The lowest BCUT2D eigenvalue weighted by Gasteiger charge is -2.27. The first-order valence-corrected chi connectivity index (χ1v) is 6.92. The maximum absolute atomic E-state index is 12.6. The van der Waals surface area contributed by atoms with Crippen LogP contribution >= 0.6 is 0 Å². The molecule has 18 heavy (non-hydrogen) atoms. The van der Waals surface area contributed by atoms with Crippen LogP contribution < -0.4 is 5.32 Å². The van der Waals surface area contributed by atoms with Crippen LogP contribution in [0.1, 0.15) is 43.6 Å². The van der Waals surface area contributed by atoms with E-state index >= 15 is 0 Å². The summed E-state index contributed by atoms with van der Waals surface area (Å²) in [5, 5.41) is 3.38. The van der Waals surface area contributed by atoms with Crippen molar-refractivity contribution in [3.05, 3.63) is 41.5 Å². The normalized spacial score (nSPS) is 22.7. The first-order valence-electron chi connectivity index (χ1n) is 6.92. The zero-order valence-electron chi connectivity index (χ0n) is 10.6. The zero-order chi connectivity index (χ0) is 12.4. The third kappa shape index (κ3) is 2.07. The molecular weight excluding hydrogens is 222 g/mol. The molecule has 1 aromatic carbocycles. The Morgan fingerprint density at radius 3 is 2.94 bits per heavy atom. The number of ketones is 1. The SMILES string of the molecule is O=C(C1=CCCCC1)C1CCNc2ccccc21. The summed E-state index contributed by atoms with van der Waals surface area (Å²) in [5.41, 5.74) is 3.39. The van der Waals surface area contributed by atoms with Gasteiger partial charge in [0.1, 0.15) is 0 Å². The van der Waals surface area contributed by atoms with Crippen LogP contribution in [-0.2, 0) is 4.79 Å². The maximum Gasteiger partial charge on any atom is 0.166 e. The second kappa shape index (κ2) is 4.97. The summed E-state index contributed by atoms with van der Waals surface area (Å²) < 4.78 is 0. The average molecular weight is 241 g/mol. The fourth-order valence-corrected chi connectivity index (χ4v) is 3.03. The molecule has 1 N–H and O–H groups in total. The summed E-state index contributed by atoms with van der Waals surface area (Å²) in [6, 6.07) is 8.22. The van der Waals surface area contributed by atoms with E-state index in [1.165, 1.54) is 18.4 Å². The first kappa shape index (κ1) is 11.5. The van der Waals surface area contributed by atoms with E-state index in [2.05, 4.69) is 23.5 Å². The molecule has 0 spiro atoms. The molecule has 1 atom stereocenters. The van der Waals surface area contributed by atoms with Gasteiger partial charge in [0.15, 0.2) is 5.78 Å². The Hall–Kier alpha value is -1.57. The van der Waals surface area contributed by atoms with E-state index in [-0.39, 0.29) is 5.92 Å². The number of carbonyl (C=O) groups excluding carboxylic acids is 1. The van der Waals surface area contributed by atoms with Crippen molar-refractivity contribution in [2.75, 3.05) is 11.9 Å². The number of para-hydroxylation sites is 1. The summed E-state index contributed by atoms with van der Waals surface area (Å²) >= 11 is 0. The Morgan fingerprint density at radius 2 is 2.11 bits per heavy atom. The summed E-state index contributed by atoms with van der Waals surface area (Å²) in [5.74, 6) is 0.440. The van der Waals surface area contributed by atoms with Gasteiger partial charge in [-0.05, 0) is 49.3 Å². The number of rotatable bonds is 2. The van der Waals surface area contributed by atoms with E-state index < -0.39 is 0 Å². The van der Waals surface area contributed by atoms with Gasteiger partial charge in [-0.25, -0.2) is 0 Å². The van der Waals surface area contributed by atoms with Crippen molar-refractivity contribution in [1.82, 2.24) is 0 Å². The Balaban J connectivity index is 1.89. The lowest BCUT2D eigenvalue weighted by Crippen LogP contribution is -2.24. The van der Waals surface area contributed by atoms with Crippen molar-refractivity contribution in [1.29, 1.82) is 0 Å². The van der Waals surface area contributed by atoms with E-state index in [1.54, 1.807) is 0 Å². The minimum atomic E-state index is 0.0757. The molecule has 2 heteroatoms. The molecule has 0 saturated heterocycles. The fourth-order valence-electron chi connectivity index (χ4n) is 3.03. The Bertz CT molecular complexity index is 490. The molecule has 2 nitrogen and oxygen atoms in total. The van der Waals surface area contributed by atoms with Gasteiger partial charge in [0, 0.05) is 12.2 Å². The number of allylic oxidation sites excluding steroid dienone is 2. The number of hydrogen-bond acceptors (Lipinski definition) is 2. The number of nitrogens with one attached hydrogen (secondary N) is 1. The van der Waals surface area contributed by atoms with Crippen LogP contribution in [0.5, 0.6) is 0 Å². The molecule has 2 aliphatic rings. The predicted octanol–water partition coefficient (Wildman–Crippen LogP) is 3.66. The zero-order valence-corrected chi connectivity index (χ0v) is 10.6. The molecule has 0 radical (unpaired) electrons. The van der Waals surface area contributed by atoms with Crippen LogP contribution in [-0.4, -0.2) is 12.3 Å². The summed E-state index contributed by atoms with van der Waals surface area (Å²) in [6.07, 6.45) is 7.55. The van der Waals surface area contributed by atoms with Gasteiger partial charge in [0.2, 0.25) is 0 Å². The molecule has 0 aromatic heterocycles. The van der Waals surface area contributed by atoms with E-state index in [1.807, 2.05) is 12.1 Å². The molecule has 0 fully saturated rings. The highest BCUT2D eigenvalue weighted by Gasteiger charge is 2.28. The Kier molecular flexibility index (Phi) is 3.18. The van der Waals surface area contributed by atoms with Crippen LogP contribution in [0.4, 0.5) is 5.69 Å². The van der Waals surface area contributed by atoms with Crippen molar-refractivity contribution in [3.63, 3.8) is 0 Å². The first-order chi connectivity index (χ1) is 8.86. The highest BCUT2D eigenvalue weighted by atomic mass is 16.1. The van der Waals surface area contributed by atoms with Gasteiger partial charge in [-0.15, -0.1) is 0 Å². The predicted molar refractivity (Wildman–Crippen MR) is 73.8 cm³/mol. The van der Waals surface area contributed by atoms with Crippen LogP contribution in [0.15, 0.2) is 35.9 Å². The third-order valence-corrected chi connectivity index (χ3v) is 4.01. The van der Waals surface area contributed by atoms with Crippen LogP contribution in [0, 0.1) is 0 Å². The number of hydrogen-bond donors (Lipinski definition) is 1. The molecule has 1 aromatic rings. The van der Waals surface area contributed by atoms with Crippen molar-refractivity contribution in [3.8, 4) is 0 Å². The van der Waals surface area contributed by atoms with Gasteiger partial charge in [0.25, 0.3) is 0 Å². The molecule has 3 rings (SSSR count). The highest BCUT2D eigenvalue weighted by Crippen LogP contribution is 2.35. The van der Waals surface area contributed by atoms with Crippen LogP contribution in [0.25, 0.3) is 0 Å². The third-order valence-electron chi connectivity index (χ3n) is 4.01. The Morgan fingerprint density at radius 1 is 1.22 bits per heavy atom. The van der Waals surface area contributed by atoms with Gasteiger partial charge in [-0.2, -0.15) is 0 Å². The van der Waals surface area contributed by atoms with E-state index in [9.17, 15) is 4.79 Å². The van der Waals surface area contributed by atoms with E-state index in [4.69, 9.17) is 0 Å². The lowest BCUT2D eigenvalue weighted by molar-refractivity contribution is -0.117. The minimum absolute atomic E-state index is 0.0757. The molecule has 1 unspecified atom stereocenters. The van der Waals surface area contributed by atoms with Gasteiger partial charge < -0.3 is 5.32 Å². The molecule has 94 valence electrons. The molecule has 0 bridgehead atoms. The fraction of sp³-hybridized carbons (Fsp3) is 0.438. The lowest BCUT2D eigenvalue weighted by atomic mass is 9.82. The van der Waals surface area contributed by atoms with E-state index in [0.717, 1.165) is 37.1 Å². The smallest absolute Gasteiger partial charge is 0.166 e. The number of carbonyl (C=O) groups is 1. The van der Waals surface area contributed by atoms with Gasteiger partial charge in [0.05, 0.1) is 5.92 Å². The summed E-state index contributed by atoms with van der Waals surface area (Å²) in [6.45, 7) is 0.903. The molecule has 0 amide bonds. The van der Waals surface area contributed by atoms with Gasteiger partial charge in [-0.1, -0.05) is 24.3 Å². The number of anilines is 1. The molecule has 0 saturated carbocycles. The van der Waals surface area contributed by atoms with Crippen LogP contribution in [0.2, 0.25) is 0 Å². The largest absolute Gasteiger partial charge is 0.385 e. The molecule has 1 heterocycles. The highest BCUT2D eigenvalue weighted by molar-refractivity contribution is 6.01. The van der Waals surface area contributed by atoms with Gasteiger partial charge >= 0.3 is 0 Å². The molecule has 1 aliphatic carbocycles. The van der Waals surface area contributed by atoms with Crippen molar-refractivity contribution >= 4 is 11.5 Å². The summed E-state index contributed by atoms with van der Waals surface area (Å²) in [4.78, 5) is 12.6. The van der Waals surface area contributed by atoms with Gasteiger partial charge in [-0.3, -0.25) is 4.79 Å². The monoisotopic (exact) mass is 241 g/mol. The maximum atomic E-state index is 12.6. The number of Topliss-reactive ketones (excluding diaryl/α,β-unsaturated/α-hetero) is 1. The minimum Gasteiger partial charge on any atom is -0.385 e.